The number of hydrogen-bond acceptors (Lipinski definition) is 6. The molecule has 67 heavy (non-hydrogen) atoms. The minimum atomic E-state index is -0.777. The van der Waals surface area contributed by atoms with Gasteiger partial charge in [-0.1, -0.05) is 237 Å². The van der Waals surface area contributed by atoms with E-state index in [0.717, 1.165) is 64.2 Å². The fourth-order valence-electron chi connectivity index (χ4n) is 8.60. The van der Waals surface area contributed by atoms with Gasteiger partial charge >= 0.3 is 17.9 Å². The highest BCUT2D eigenvalue weighted by molar-refractivity contribution is 5.71. The van der Waals surface area contributed by atoms with Gasteiger partial charge in [0.15, 0.2) is 6.10 Å². The van der Waals surface area contributed by atoms with Crippen LogP contribution in [0.1, 0.15) is 316 Å². The first kappa shape index (κ1) is 64.6. The molecule has 0 aliphatic rings. The molecule has 0 heterocycles. The fraction of sp³-hybridized carbons (Fsp3) is 0.852. The number of unbranched alkanes of at least 4 members (excludes halogenated alkanes) is 37. The average Bonchev–Trinajstić information content (AvgIpc) is 3.33. The molecular weight excluding hydrogens is 829 g/mol. The normalized spacial score (nSPS) is 12.2. The highest BCUT2D eigenvalue weighted by Gasteiger charge is 2.19. The largest absolute Gasteiger partial charge is 0.462 e. The lowest BCUT2D eigenvalue weighted by Gasteiger charge is -2.18. The Balaban J connectivity index is 4.34. The lowest BCUT2D eigenvalue weighted by Crippen LogP contribution is -2.30. The van der Waals surface area contributed by atoms with Crippen molar-refractivity contribution in [2.24, 2.45) is 0 Å². The van der Waals surface area contributed by atoms with Crippen LogP contribution in [0.25, 0.3) is 0 Å². The van der Waals surface area contributed by atoms with Crippen molar-refractivity contribution in [2.75, 3.05) is 13.2 Å². The molecule has 0 amide bonds. The lowest BCUT2D eigenvalue weighted by molar-refractivity contribution is -0.167. The van der Waals surface area contributed by atoms with Crippen molar-refractivity contribution in [3.63, 3.8) is 0 Å². The zero-order chi connectivity index (χ0) is 48.6. The SMILES string of the molecule is CCCCCC/C=C\CCCCCCCC(=O)OC[C@@H](COC(=O)CCCCCCCCCCC/C=C\CCCCCCCC)OC(=O)CCCCCCCCC/C=C\CCCCCCCC. The van der Waals surface area contributed by atoms with Crippen LogP contribution in [0.4, 0.5) is 0 Å². The Morgan fingerprint density at radius 1 is 0.284 bits per heavy atom. The van der Waals surface area contributed by atoms with Crippen molar-refractivity contribution in [1.82, 2.24) is 0 Å². The molecule has 0 aromatic carbocycles. The summed E-state index contributed by atoms with van der Waals surface area (Å²) in [5.41, 5.74) is 0. The van der Waals surface area contributed by atoms with Gasteiger partial charge in [0.05, 0.1) is 0 Å². The molecule has 0 saturated heterocycles. The van der Waals surface area contributed by atoms with Crippen LogP contribution >= 0.6 is 0 Å². The third-order valence-electron chi connectivity index (χ3n) is 13.1. The molecular formula is C61H112O6. The Morgan fingerprint density at radius 2 is 0.493 bits per heavy atom. The maximum absolute atomic E-state index is 12.9. The van der Waals surface area contributed by atoms with Crippen LogP contribution in [-0.2, 0) is 28.6 Å². The first-order valence-corrected chi connectivity index (χ1v) is 29.5. The number of allylic oxidation sites excluding steroid dienone is 6. The Kier molecular flexibility index (Phi) is 54.2. The molecule has 0 spiro atoms. The van der Waals surface area contributed by atoms with Gasteiger partial charge in [0.2, 0.25) is 0 Å². The van der Waals surface area contributed by atoms with Crippen LogP contribution < -0.4 is 0 Å². The van der Waals surface area contributed by atoms with E-state index < -0.39 is 6.10 Å². The first-order valence-electron chi connectivity index (χ1n) is 29.5. The van der Waals surface area contributed by atoms with Gasteiger partial charge in [-0.15, -0.1) is 0 Å². The topological polar surface area (TPSA) is 78.9 Å². The zero-order valence-electron chi connectivity index (χ0n) is 44.9. The van der Waals surface area contributed by atoms with E-state index in [2.05, 4.69) is 57.2 Å². The van der Waals surface area contributed by atoms with Gasteiger partial charge in [-0.2, -0.15) is 0 Å². The second-order valence-corrected chi connectivity index (χ2v) is 19.9. The summed E-state index contributed by atoms with van der Waals surface area (Å²) in [6.45, 7) is 6.64. The summed E-state index contributed by atoms with van der Waals surface area (Å²) in [5, 5.41) is 0. The summed E-state index contributed by atoms with van der Waals surface area (Å²) in [6.07, 6.45) is 67.0. The second kappa shape index (κ2) is 56.2. The van der Waals surface area contributed by atoms with Crippen LogP contribution in [0.5, 0.6) is 0 Å². The van der Waals surface area contributed by atoms with Crippen molar-refractivity contribution in [3.05, 3.63) is 36.5 Å². The minimum Gasteiger partial charge on any atom is -0.462 e. The molecule has 0 N–H and O–H groups in total. The summed E-state index contributed by atoms with van der Waals surface area (Å²) in [4.78, 5) is 38.2. The molecule has 0 fully saturated rings. The monoisotopic (exact) mass is 941 g/mol. The first-order chi connectivity index (χ1) is 33.0. The molecule has 6 heteroatoms. The standard InChI is InChI=1S/C61H112O6/c1-4-7-10-13-16-19-22-25-27-29-30-32-33-36-39-42-45-48-51-54-60(63)66-57-58(56-65-59(62)53-50-47-44-41-38-35-24-21-18-15-12-9-6-3)67-61(64)55-52-49-46-43-40-37-34-31-28-26-23-20-17-14-11-8-5-2/h21,24-28,58H,4-20,22-23,29-57H2,1-3H3/b24-21-,27-25-,28-26-/t58-/m0/s1. The highest BCUT2D eigenvalue weighted by Crippen LogP contribution is 2.16. The van der Waals surface area contributed by atoms with Gasteiger partial charge in [0.1, 0.15) is 13.2 Å². The molecule has 0 aromatic heterocycles. The Morgan fingerprint density at radius 3 is 0.761 bits per heavy atom. The van der Waals surface area contributed by atoms with E-state index in [4.69, 9.17) is 14.2 Å². The molecule has 0 aliphatic carbocycles. The number of rotatable bonds is 54. The predicted octanol–water partition coefficient (Wildman–Crippen LogP) is 19.7. The Labute approximate surface area is 416 Å². The number of esters is 3. The second-order valence-electron chi connectivity index (χ2n) is 19.9. The van der Waals surface area contributed by atoms with Gasteiger partial charge in [-0.3, -0.25) is 14.4 Å². The van der Waals surface area contributed by atoms with Gasteiger partial charge in [0, 0.05) is 19.3 Å². The number of carbonyl (C=O) groups excluding carboxylic acids is 3. The number of carbonyl (C=O) groups is 3. The van der Waals surface area contributed by atoms with E-state index in [-0.39, 0.29) is 31.1 Å². The van der Waals surface area contributed by atoms with Crippen molar-refractivity contribution in [3.8, 4) is 0 Å². The summed E-state index contributed by atoms with van der Waals surface area (Å²) in [5.74, 6) is -0.874. The lowest BCUT2D eigenvalue weighted by atomic mass is 10.1. The summed E-state index contributed by atoms with van der Waals surface area (Å²) < 4.78 is 16.9. The van der Waals surface area contributed by atoms with E-state index in [0.29, 0.717) is 19.3 Å². The zero-order valence-corrected chi connectivity index (χ0v) is 44.9. The number of ether oxygens (including phenoxy) is 3. The molecule has 6 nitrogen and oxygen atoms in total. The molecule has 0 radical (unpaired) electrons. The van der Waals surface area contributed by atoms with Crippen LogP contribution in [0.3, 0.4) is 0 Å². The van der Waals surface area contributed by atoms with Gasteiger partial charge < -0.3 is 14.2 Å². The molecule has 1 atom stereocenters. The third kappa shape index (κ3) is 54.4. The maximum atomic E-state index is 12.9. The molecule has 0 bridgehead atoms. The third-order valence-corrected chi connectivity index (χ3v) is 13.1. The summed E-state index contributed by atoms with van der Waals surface area (Å²) >= 11 is 0. The minimum absolute atomic E-state index is 0.0752. The summed E-state index contributed by atoms with van der Waals surface area (Å²) in [7, 11) is 0. The predicted molar refractivity (Wildman–Crippen MR) is 289 cm³/mol. The molecule has 392 valence electrons. The maximum Gasteiger partial charge on any atom is 0.306 e. The smallest absolute Gasteiger partial charge is 0.306 e. The molecule has 0 saturated carbocycles. The van der Waals surface area contributed by atoms with Crippen LogP contribution in [0, 0.1) is 0 Å². The van der Waals surface area contributed by atoms with E-state index >= 15 is 0 Å². The van der Waals surface area contributed by atoms with Crippen molar-refractivity contribution in [1.29, 1.82) is 0 Å². The van der Waals surface area contributed by atoms with E-state index in [1.54, 1.807) is 0 Å². The van der Waals surface area contributed by atoms with Gasteiger partial charge in [-0.25, -0.2) is 0 Å². The quantitative estimate of drug-likeness (QED) is 0.0262. The molecule has 0 unspecified atom stereocenters. The van der Waals surface area contributed by atoms with Crippen LogP contribution in [0.15, 0.2) is 36.5 Å². The Hall–Kier alpha value is -2.37. The summed E-state index contributed by atoms with van der Waals surface area (Å²) in [6, 6.07) is 0. The van der Waals surface area contributed by atoms with E-state index in [1.165, 1.54) is 212 Å². The highest BCUT2D eigenvalue weighted by atomic mass is 16.6. The van der Waals surface area contributed by atoms with E-state index in [1.807, 2.05) is 0 Å². The van der Waals surface area contributed by atoms with E-state index in [9.17, 15) is 14.4 Å². The fourth-order valence-corrected chi connectivity index (χ4v) is 8.60. The van der Waals surface area contributed by atoms with Crippen LogP contribution in [-0.4, -0.2) is 37.2 Å². The number of hydrogen-bond donors (Lipinski definition) is 0. The Bertz CT molecular complexity index is 1130. The molecule has 0 rings (SSSR count). The van der Waals surface area contributed by atoms with Crippen molar-refractivity contribution < 1.29 is 28.6 Å². The average molecular weight is 942 g/mol. The van der Waals surface area contributed by atoms with Crippen LogP contribution in [0.2, 0.25) is 0 Å². The van der Waals surface area contributed by atoms with Gasteiger partial charge in [-0.05, 0) is 96.3 Å². The van der Waals surface area contributed by atoms with Crippen molar-refractivity contribution in [2.45, 2.75) is 322 Å². The molecule has 0 aliphatic heterocycles. The van der Waals surface area contributed by atoms with Crippen molar-refractivity contribution >= 4 is 17.9 Å². The van der Waals surface area contributed by atoms with Gasteiger partial charge in [0.25, 0.3) is 0 Å². The molecule has 0 aromatic rings.